The topological polar surface area (TPSA) is 55.8 Å². The number of hydrogen-bond donors (Lipinski definition) is 1. The van der Waals surface area contributed by atoms with Gasteiger partial charge in [-0.05, 0) is 12.8 Å². The van der Waals surface area contributed by atoms with E-state index >= 15 is 0 Å². The first-order chi connectivity index (χ1) is 6.78. The molecular formula is C10H16O4. The minimum absolute atomic E-state index is 0.0693. The second-order valence-corrected chi connectivity index (χ2v) is 4.18. The molecule has 2 saturated heterocycles. The lowest BCUT2D eigenvalue weighted by Gasteiger charge is -2.41. The minimum Gasteiger partial charge on any atom is -0.395 e. The zero-order chi connectivity index (χ0) is 10.0. The van der Waals surface area contributed by atoms with Crippen LogP contribution in [0, 0.1) is 11.3 Å². The quantitative estimate of drug-likeness (QED) is 0.696. The molecule has 1 N–H and O–H groups in total. The van der Waals surface area contributed by atoms with Gasteiger partial charge in [0, 0.05) is 19.1 Å². The molecule has 0 aromatic rings. The molecule has 0 amide bonds. The van der Waals surface area contributed by atoms with Crippen LogP contribution in [0.25, 0.3) is 0 Å². The van der Waals surface area contributed by atoms with E-state index in [0.29, 0.717) is 26.4 Å². The van der Waals surface area contributed by atoms with Crippen molar-refractivity contribution in [1.82, 2.24) is 0 Å². The van der Waals surface area contributed by atoms with Gasteiger partial charge in [-0.1, -0.05) is 0 Å². The summed E-state index contributed by atoms with van der Waals surface area (Å²) in [6.07, 6.45) is 1.58. The number of rotatable bonds is 3. The lowest BCUT2D eigenvalue weighted by molar-refractivity contribution is -0.174. The van der Waals surface area contributed by atoms with Crippen LogP contribution in [0.3, 0.4) is 0 Å². The molecule has 0 unspecified atom stereocenters. The maximum Gasteiger partial charge on any atom is 0.149 e. The lowest BCUT2D eigenvalue weighted by Crippen LogP contribution is -2.54. The fourth-order valence-electron chi connectivity index (χ4n) is 2.05. The Bertz CT molecular complexity index is 211. The van der Waals surface area contributed by atoms with Crippen LogP contribution < -0.4 is 0 Å². The number of hydrogen-bond acceptors (Lipinski definition) is 4. The number of Topliss-reactive ketones (excluding diaryl/α,β-unsaturated/α-hetero) is 1. The van der Waals surface area contributed by atoms with Crippen molar-refractivity contribution in [2.45, 2.75) is 12.8 Å². The van der Waals surface area contributed by atoms with E-state index in [1.165, 1.54) is 0 Å². The van der Waals surface area contributed by atoms with Crippen LogP contribution in [0.5, 0.6) is 0 Å². The van der Waals surface area contributed by atoms with Crippen LogP contribution in [0.2, 0.25) is 0 Å². The van der Waals surface area contributed by atoms with Crippen molar-refractivity contribution in [1.29, 1.82) is 0 Å². The van der Waals surface area contributed by atoms with Crippen LogP contribution in [0.15, 0.2) is 0 Å². The predicted molar refractivity (Wildman–Crippen MR) is 48.9 cm³/mol. The Morgan fingerprint density at radius 1 is 1.29 bits per heavy atom. The van der Waals surface area contributed by atoms with Crippen LogP contribution >= 0.6 is 0 Å². The van der Waals surface area contributed by atoms with E-state index < -0.39 is 5.41 Å². The maximum atomic E-state index is 12.0. The summed E-state index contributed by atoms with van der Waals surface area (Å²) in [4.78, 5) is 12.0. The predicted octanol–water partition coefficient (Wildman–Crippen LogP) is -0.00900. The summed E-state index contributed by atoms with van der Waals surface area (Å²) in [5.74, 6) is 0.245. The summed E-state index contributed by atoms with van der Waals surface area (Å²) in [6, 6.07) is 0. The molecule has 2 aliphatic heterocycles. The minimum atomic E-state index is -0.581. The van der Waals surface area contributed by atoms with E-state index in [0.717, 1.165) is 12.8 Å². The van der Waals surface area contributed by atoms with Gasteiger partial charge >= 0.3 is 0 Å². The average Bonchev–Trinajstić information content (AvgIpc) is 2.18. The zero-order valence-electron chi connectivity index (χ0n) is 8.20. The zero-order valence-corrected chi connectivity index (χ0v) is 8.20. The van der Waals surface area contributed by atoms with Crippen molar-refractivity contribution in [2.24, 2.45) is 11.3 Å². The number of carbonyl (C=O) groups is 1. The van der Waals surface area contributed by atoms with Gasteiger partial charge in [0.25, 0.3) is 0 Å². The van der Waals surface area contributed by atoms with E-state index in [1.54, 1.807) is 0 Å². The summed E-state index contributed by atoms with van der Waals surface area (Å²) in [5, 5.41) is 9.21. The Morgan fingerprint density at radius 3 is 2.36 bits per heavy atom. The Morgan fingerprint density at radius 2 is 1.93 bits per heavy atom. The summed E-state index contributed by atoms with van der Waals surface area (Å²) in [5.41, 5.74) is -0.581. The molecule has 0 aromatic carbocycles. The monoisotopic (exact) mass is 200 g/mol. The van der Waals surface area contributed by atoms with Gasteiger partial charge in [-0.15, -0.1) is 0 Å². The fraction of sp³-hybridized carbons (Fsp3) is 0.900. The summed E-state index contributed by atoms with van der Waals surface area (Å²) >= 11 is 0. The Balaban J connectivity index is 1.98. The second kappa shape index (κ2) is 3.96. The summed E-state index contributed by atoms with van der Waals surface area (Å²) in [6.45, 7) is 2.03. The van der Waals surface area contributed by atoms with Crippen LogP contribution in [-0.2, 0) is 14.3 Å². The Kier molecular flexibility index (Phi) is 2.85. The van der Waals surface area contributed by atoms with Crippen LogP contribution in [0.1, 0.15) is 12.8 Å². The van der Waals surface area contributed by atoms with Crippen molar-refractivity contribution < 1.29 is 19.4 Å². The van der Waals surface area contributed by atoms with E-state index in [2.05, 4.69) is 0 Å². The number of carbonyl (C=O) groups excluding carboxylic acids is 1. The van der Waals surface area contributed by atoms with Gasteiger partial charge < -0.3 is 14.6 Å². The molecule has 0 saturated carbocycles. The number of ether oxygens (including phenoxy) is 2. The largest absolute Gasteiger partial charge is 0.395 e. The maximum absolute atomic E-state index is 12.0. The summed E-state index contributed by atoms with van der Waals surface area (Å²) < 4.78 is 10.2. The molecule has 0 aromatic heterocycles. The summed E-state index contributed by atoms with van der Waals surface area (Å²) in [7, 11) is 0. The number of aliphatic hydroxyl groups excluding tert-OH is 1. The molecule has 14 heavy (non-hydrogen) atoms. The molecule has 2 aliphatic rings. The third kappa shape index (κ3) is 1.58. The van der Waals surface area contributed by atoms with Gasteiger partial charge in [-0.2, -0.15) is 0 Å². The normalized spacial score (nSPS) is 26.9. The SMILES string of the molecule is O=C(C1CCOCC1)C1(CO)COC1. The van der Waals surface area contributed by atoms with Gasteiger partial charge in [0.05, 0.1) is 25.2 Å². The van der Waals surface area contributed by atoms with E-state index in [4.69, 9.17) is 9.47 Å². The molecule has 0 atom stereocenters. The highest BCUT2D eigenvalue weighted by molar-refractivity contribution is 5.88. The smallest absolute Gasteiger partial charge is 0.149 e. The molecular weight excluding hydrogens is 184 g/mol. The van der Waals surface area contributed by atoms with E-state index in [9.17, 15) is 9.90 Å². The molecule has 4 nitrogen and oxygen atoms in total. The van der Waals surface area contributed by atoms with Crippen LogP contribution in [0.4, 0.5) is 0 Å². The molecule has 80 valence electrons. The Labute approximate surface area is 83.2 Å². The molecule has 0 bridgehead atoms. The molecule has 2 fully saturated rings. The van der Waals surface area contributed by atoms with Gasteiger partial charge in [0.1, 0.15) is 5.78 Å². The molecule has 0 radical (unpaired) electrons. The van der Waals surface area contributed by atoms with Crippen molar-refractivity contribution in [3.8, 4) is 0 Å². The van der Waals surface area contributed by atoms with Crippen molar-refractivity contribution in [3.05, 3.63) is 0 Å². The standard InChI is InChI=1S/C10H16O4/c11-5-10(6-14-7-10)9(12)8-1-3-13-4-2-8/h8,11H,1-7H2. The van der Waals surface area contributed by atoms with Crippen molar-refractivity contribution in [2.75, 3.05) is 33.0 Å². The third-order valence-corrected chi connectivity index (χ3v) is 3.17. The van der Waals surface area contributed by atoms with E-state index in [1.807, 2.05) is 0 Å². The van der Waals surface area contributed by atoms with Crippen molar-refractivity contribution >= 4 is 5.78 Å². The fourth-order valence-corrected chi connectivity index (χ4v) is 2.05. The molecule has 2 rings (SSSR count). The first-order valence-electron chi connectivity index (χ1n) is 5.09. The van der Waals surface area contributed by atoms with Gasteiger partial charge in [-0.25, -0.2) is 0 Å². The van der Waals surface area contributed by atoms with E-state index in [-0.39, 0.29) is 18.3 Å². The van der Waals surface area contributed by atoms with Gasteiger partial charge in [0.15, 0.2) is 0 Å². The first-order valence-corrected chi connectivity index (χ1v) is 5.09. The second-order valence-electron chi connectivity index (χ2n) is 4.18. The lowest BCUT2D eigenvalue weighted by atomic mass is 9.74. The highest BCUT2D eigenvalue weighted by atomic mass is 16.5. The van der Waals surface area contributed by atoms with Gasteiger partial charge in [-0.3, -0.25) is 4.79 Å². The molecule has 2 heterocycles. The molecule has 4 heteroatoms. The molecule has 0 aliphatic carbocycles. The highest BCUT2D eigenvalue weighted by Crippen LogP contribution is 2.33. The average molecular weight is 200 g/mol. The molecule has 0 spiro atoms. The number of ketones is 1. The Hall–Kier alpha value is -0.450. The third-order valence-electron chi connectivity index (χ3n) is 3.17. The van der Waals surface area contributed by atoms with Crippen LogP contribution in [-0.4, -0.2) is 43.9 Å². The highest BCUT2D eigenvalue weighted by Gasteiger charge is 2.47. The van der Waals surface area contributed by atoms with Crippen molar-refractivity contribution in [3.63, 3.8) is 0 Å². The number of aliphatic hydroxyl groups is 1. The van der Waals surface area contributed by atoms with Gasteiger partial charge in [0.2, 0.25) is 0 Å². The first kappa shape index (κ1) is 10.1.